The van der Waals surface area contributed by atoms with Crippen LogP contribution in [0.1, 0.15) is 19.8 Å². The molecule has 2 aliphatic heterocycles. The van der Waals surface area contributed by atoms with Gasteiger partial charge in [0.15, 0.2) is 0 Å². The Kier molecular flexibility index (Phi) is 5.23. The van der Waals surface area contributed by atoms with Crippen molar-refractivity contribution in [1.29, 1.82) is 0 Å². The minimum absolute atomic E-state index is 0.741. The van der Waals surface area contributed by atoms with Gasteiger partial charge in [-0.3, -0.25) is 4.79 Å². The van der Waals surface area contributed by atoms with Crippen molar-refractivity contribution < 1.29 is 4.79 Å². The lowest BCUT2D eigenvalue weighted by Gasteiger charge is -2.35. The fourth-order valence-electron chi connectivity index (χ4n) is 3.75. The molecule has 0 atom stereocenters. The van der Waals surface area contributed by atoms with Crippen LogP contribution in [-0.2, 0) is 4.79 Å². The Hall–Kier alpha value is -2.63. The van der Waals surface area contributed by atoms with Gasteiger partial charge in [0.25, 0.3) is 0 Å². The molecule has 27 heavy (non-hydrogen) atoms. The van der Waals surface area contributed by atoms with Crippen LogP contribution in [0.5, 0.6) is 0 Å². The summed E-state index contributed by atoms with van der Waals surface area (Å²) in [6.07, 6.45) is 3.31. The third kappa shape index (κ3) is 4.04. The molecule has 6 heteroatoms. The average molecular weight is 365 g/mol. The Morgan fingerprint density at radius 2 is 1.63 bits per heavy atom. The summed E-state index contributed by atoms with van der Waals surface area (Å²) >= 11 is 0. The van der Waals surface area contributed by atoms with E-state index in [-0.39, 0.29) is 0 Å². The molecule has 6 nitrogen and oxygen atoms in total. The minimum Gasteiger partial charge on any atom is -0.353 e. The fourth-order valence-corrected chi connectivity index (χ4v) is 3.75. The molecule has 0 radical (unpaired) electrons. The molecule has 2 saturated heterocycles. The molecule has 3 heterocycles. The molecule has 0 N–H and O–H groups in total. The molecule has 4 rings (SSSR count). The topological polar surface area (TPSA) is 52.6 Å². The highest BCUT2D eigenvalue weighted by Crippen LogP contribution is 2.27. The number of carbonyl (C=O) groups is 1. The third-order valence-corrected chi connectivity index (χ3v) is 5.62. The van der Waals surface area contributed by atoms with Crippen molar-refractivity contribution >= 4 is 18.2 Å². The Labute approximate surface area is 160 Å². The van der Waals surface area contributed by atoms with Crippen LogP contribution in [0.4, 0.5) is 11.8 Å². The molecule has 0 unspecified atom stereocenters. The first-order valence-electron chi connectivity index (χ1n) is 9.86. The van der Waals surface area contributed by atoms with Crippen LogP contribution < -0.4 is 9.80 Å². The van der Waals surface area contributed by atoms with E-state index in [1.165, 1.54) is 12.8 Å². The molecule has 142 valence electrons. The first-order valence-corrected chi connectivity index (χ1v) is 9.86. The average Bonchev–Trinajstić information content (AvgIpc) is 2.74. The number of carbonyl (C=O) groups excluding carboxylic acids is 1. The van der Waals surface area contributed by atoms with Crippen LogP contribution in [0.2, 0.25) is 0 Å². The zero-order valence-corrected chi connectivity index (χ0v) is 15.9. The summed E-state index contributed by atoms with van der Waals surface area (Å²) in [7, 11) is 0. The van der Waals surface area contributed by atoms with E-state index in [1.54, 1.807) is 0 Å². The number of hydrogen-bond donors (Lipinski definition) is 0. The number of benzene rings is 1. The SMILES string of the molecule is CC1CCN(c2nc(-c3ccccc3)cc(N3CCN(C=O)CC3)n2)CC1. The molecule has 2 fully saturated rings. The number of hydrogen-bond acceptors (Lipinski definition) is 5. The summed E-state index contributed by atoms with van der Waals surface area (Å²) in [5.41, 5.74) is 2.08. The smallest absolute Gasteiger partial charge is 0.227 e. The van der Waals surface area contributed by atoms with Gasteiger partial charge in [-0.2, -0.15) is 4.98 Å². The highest BCUT2D eigenvalue weighted by Gasteiger charge is 2.22. The quantitative estimate of drug-likeness (QED) is 0.780. The predicted octanol–water partition coefficient (Wildman–Crippen LogP) is 2.66. The van der Waals surface area contributed by atoms with Crippen molar-refractivity contribution in [2.75, 3.05) is 49.1 Å². The summed E-state index contributed by atoms with van der Waals surface area (Å²) in [6, 6.07) is 12.4. The summed E-state index contributed by atoms with van der Waals surface area (Å²) < 4.78 is 0. The molecule has 2 aliphatic rings. The van der Waals surface area contributed by atoms with E-state index >= 15 is 0 Å². The maximum atomic E-state index is 11.0. The van der Waals surface area contributed by atoms with Gasteiger partial charge in [0, 0.05) is 50.9 Å². The molecule has 0 saturated carbocycles. The predicted molar refractivity (Wildman–Crippen MR) is 108 cm³/mol. The zero-order chi connectivity index (χ0) is 18.6. The summed E-state index contributed by atoms with van der Waals surface area (Å²) in [5, 5.41) is 0. The fraction of sp³-hybridized carbons (Fsp3) is 0.476. The Morgan fingerprint density at radius 1 is 0.926 bits per heavy atom. The van der Waals surface area contributed by atoms with Gasteiger partial charge in [0.2, 0.25) is 12.4 Å². The highest BCUT2D eigenvalue weighted by atomic mass is 16.1. The normalized spacial score (nSPS) is 18.6. The van der Waals surface area contributed by atoms with Crippen LogP contribution in [0.25, 0.3) is 11.3 Å². The number of rotatable bonds is 4. The third-order valence-electron chi connectivity index (χ3n) is 5.62. The van der Waals surface area contributed by atoms with E-state index in [2.05, 4.69) is 34.9 Å². The minimum atomic E-state index is 0.741. The van der Waals surface area contributed by atoms with Gasteiger partial charge in [0.05, 0.1) is 5.69 Å². The van der Waals surface area contributed by atoms with E-state index in [9.17, 15) is 4.79 Å². The van der Waals surface area contributed by atoms with Gasteiger partial charge in [0.1, 0.15) is 5.82 Å². The van der Waals surface area contributed by atoms with E-state index in [0.717, 1.165) is 74.6 Å². The molecule has 1 amide bonds. The maximum Gasteiger partial charge on any atom is 0.227 e. The first kappa shape index (κ1) is 17.8. The van der Waals surface area contributed by atoms with Crippen LogP contribution in [0.3, 0.4) is 0 Å². The molecule has 0 spiro atoms. The standard InChI is InChI=1S/C21H27N5O/c1-17-7-9-26(10-8-17)21-22-19(18-5-3-2-4-6-18)15-20(23-21)25-13-11-24(16-27)12-14-25/h2-6,15-17H,7-14H2,1H3. The van der Waals surface area contributed by atoms with Crippen LogP contribution in [0.15, 0.2) is 36.4 Å². The van der Waals surface area contributed by atoms with Gasteiger partial charge in [-0.05, 0) is 18.8 Å². The molecular weight excluding hydrogens is 338 g/mol. The van der Waals surface area contributed by atoms with E-state index in [0.29, 0.717) is 0 Å². The molecule has 1 aromatic carbocycles. The van der Waals surface area contributed by atoms with Crippen molar-refractivity contribution in [1.82, 2.24) is 14.9 Å². The summed E-state index contributed by atoms with van der Waals surface area (Å²) in [4.78, 5) is 27.2. The van der Waals surface area contributed by atoms with Crippen LogP contribution >= 0.6 is 0 Å². The van der Waals surface area contributed by atoms with Gasteiger partial charge >= 0.3 is 0 Å². The molecule has 0 aliphatic carbocycles. The van der Waals surface area contributed by atoms with Gasteiger partial charge < -0.3 is 14.7 Å². The van der Waals surface area contributed by atoms with Crippen LogP contribution in [0, 0.1) is 5.92 Å². The van der Waals surface area contributed by atoms with Crippen molar-refractivity contribution in [2.45, 2.75) is 19.8 Å². The second-order valence-corrected chi connectivity index (χ2v) is 7.58. The second-order valence-electron chi connectivity index (χ2n) is 7.58. The van der Waals surface area contributed by atoms with Crippen molar-refractivity contribution in [2.24, 2.45) is 5.92 Å². The van der Waals surface area contributed by atoms with Gasteiger partial charge in [-0.25, -0.2) is 4.98 Å². The van der Waals surface area contributed by atoms with Gasteiger partial charge in [-0.15, -0.1) is 0 Å². The maximum absolute atomic E-state index is 11.0. The largest absolute Gasteiger partial charge is 0.353 e. The Bertz CT molecular complexity index is 765. The summed E-state index contributed by atoms with van der Waals surface area (Å²) in [6.45, 7) is 7.43. The molecule has 1 aromatic heterocycles. The number of anilines is 2. The molecular formula is C21H27N5O. The lowest BCUT2D eigenvalue weighted by molar-refractivity contribution is -0.118. The van der Waals surface area contributed by atoms with Crippen molar-refractivity contribution in [3.05, 3.63) is 36.4 Å². The highest BCUT2D eigenvalue weighted by molar-refractivity contribution is 5.65. The Balaban J connectivity index is 1.65. The van der Waals surface area contributed by atoms with E-state index in [1.807, 2.05) is 23.1 Å². The molecule has 0 bridgehead atoms. The number of amides is 1. The number of aromatic nitrogens is 2. The van der Waals surface area contributed by atoms with Crippen LogP contribution in [-0.4, -0.2) is 60.5 Å². The number of piperazine rings is 1. The summed E-state index contributed by atoms with van der Waals surface area (Å²) in [5.74, 6) is 2.56. The number of nitrogens with zero attached hydrogens (tertiary/aromatic N) is 5. The second kappa shape index (κ2) is 7.94. The number of piperidine rings is 1. The monoisotopic (exact) mass is 365 g/mol. The van der Waals surface area contributed by atoms with Crippen molar-refractivity contribution in [3.8, 4) is 11.3 Å². The first-order chi connectivity index (χ1) is 13.2. The molecule has 2 aromatic rings. The Morgan fingerprint density at radius 3 is 2.30 bits per heavy atom. The van der Waals surface area contributed by atoms with E-state index < -0.39 is 0 Å². The lowest BCUT2D eigenvalue weighted by Crippen LogP contribution is -2.46. The lowest BCUT2D eigenvalue weighted by atomic mass is 10.00. The zero-order valence-electron chi connectivity index (χ0n) is 15.9. The van der Waals surface area contributed by atoms with Gasteiger partial charge in [-0.1, -0.05) is 37.3 Å². The van der Waals surface area contributed by atoms with Crippen molar-refractivity contribution in [3.63, 3.8) is 0 Å². The van der Waals surface area contributed by atoms with E-state index in [4.69, 9.17) is 9.97 Å².